The lowest BCUT2D eigenvalue weighted by Crippen LogP contribution is -2.27. The second-order valence-corrected chi connectivity index (χ2v) is 5.67. The maximum atomic E-state index is 11.8. The van der Waals surface area contributed by atoms with Gasteiger partial charge >= 0.3 is 0 Å². The van der Waals surface area contributed by atoms with Crippen LogP contribution in [0.1, 0.15) is 41.0 Å². The van der Waals surface area contributed by atoms with E-state index in [9.17, 15) is 9.59 Å². The number of hydrogen-bond donors (Lipinski definition) is 2. The van der Waals surface area contributed by atoms with Gasteiger partial charge < -0.3 is 10.3 Å². The molecule has 2 N–H and O–H groups in total. The molecule has 0 unspecified atom stereocenters. The summed E-state index contributed by atoms with van der Waals surface area (Å²) in [6.45, 7) is 4.71. The van der Waals surface area contributed by atoms with E-state index < -0.39 is 0 Å². The minimum atomic E-state index is -0.276. The Hall–Kier alpha value is -1.95. The highest BCUT2D eigenvalue weighted by Crippen LogP contribution is 2.19. The average molecular weight is 291 g/mol. The molecule has 2 aromatic heterocycles. The molecule has 106 valence electrons. The van der Waals surface area contributed by atoms with E-state index >= 15 is 0 Å². The number of nitrogens with zero attached hydrogens (tertiary/aromatic N) is 1. The average Bonchev–Trinajstić information content (AvgIpc) is 2.87. The van der Waals surface area contributed by atoms with Crippen molar-refractivity contribution in [3.63, 3.8) is 0 Å². The minimum Gasteiger partial charge on any atom is -0.357 e. The summed E-state index contributed by atoms with van der Waals surface area (Å²) in [5, 5.41) is 5.90. The van der Waals surface area contributed by atoms with Crippen molar-refractivity contribution in [2.45, 2.75) is 26.2 Å². The molecule has 0 fully saturated rings. The Morgan fingerprint density at radius 2 is 2.30 bits per heavy atom. The van der Waals surface area contributed by atoms with E-state index in [1.807, 2.05) is 5.38 Å². The van der Waals surface area contributed by atoms with Gasteiger partial charge in [-0.2, -0.15) is 0 Å². The van der Waals surface area contributed by atoms with Gasteiger partial charge in [0.1, 0.15) is 5.69 Å². The highest BCUT2D eigenvalue weighted by atomic mass is 32.1. The van der Waals surface area contributed by atoms with Crippen molar-refractivity contribution >= 4 is 17.2 Å². The number of rotatable bonds is 5. The van der Waals surface area contributed by atoms with Crippen LogP contribution in [0.3, 0.4) is 0 Å². The Bertz CT molecular complexity index is 646. The molecule has 0 aliphatic carbocycles. The summed E-state index contributed by atoms with van der Waals surface area (Å²) in [5.74, 6) is 0.153. The van der Waals surface area contributed by atoms with Crippen LogP contribution in [0, 0.1) is 0 Å². The van der Waals surface area contributed by atoms with Crippen LogP contribution in [0.2, 0.25) is 0 Å². The number of aromatic amines is 1. The van der Waals surface area contributed by atoms with Crippen molar-refractivity contribution in [2.75, 3.05) is 6.54 Å². The van der Waals surface area contributed by atoms with E-state index in [0.29, 0.717) is 18.9 Å². The molecule has 2 aromatic rings. The van der Waals surface area contributed by atoms with Gasteiger partial charge in [0.05, 0.1) is 10.7 Å². The van der Waals surface area contributed by atoms with Gasteiger partial charge in [-0.3, -0.25) is 9.59 Å². The number of carbonyl (C=O) groups is 1. The second-order valence-electron chi connectivity index (χ2n) is 4.78. The lowest BCUT2D eigenvalue weighted by Gasteiger charge is -2.03. The van der Waals surface area contributed by atoms with Gasteiger partial charge in [0.25, 0.3) is 5.91 Å². The molecule has 2 rings (SSSR count). The molecule has 0 aromatic carbocycles. The molecule has 0 bridgehead atoms. The zero-order valence-corrected chi connectivity index (χ0v) is 12.3. The van der Waals surface area contributed by atoms with Crippen LogP contribution in [0.5, 0.6) is 0 Å². The van der Waals surface area contributed by atoms with Gasteiger partial charge in [0.2, 0.25) is 0 Å². The maximum absolute atomic E-state index is 11.8. The number of pyridine rings is 1. The minimum absolute atomic E-state index is 0.185. The van der Waals surface area contributed by atoms with Gasteiger partial charge in [-0.15, -0.1) is 11.3 Å². The second kappa shape index (κ2) is 6.47. The molecule has 0 radical (unpaired) electrons. The van der Waals surface area contributed by atoms with Crippen LogP contribution >= 0.6 is 11.3 Å². The molecular weight excluding hydrogens is 274 g/mol. The summed E-state index contributed by atoms with van der Waals surface area (Å²) >= 11 is 1.64. The summed E-state index contributed by atoms with van der Waals surface area (Å²) in [5.41, 5.74) is 1.08. The van der Waals surface area contributed by atoms with Crippen LogP contribution in [-0.4, -0.2) is 22.4 Å². The van der Waals surface area contributed by atoms with Gasteiger partial charge in [0, 0.05) is 42.6 Å². The van der Waals surface area contributed by atoms with E-state index in [1.54, 1.807) is 11.3 Å². The lowest BCUT2D eigenvalue weighted by molar-refractivity contribution is 0.0949. The first-order valence-electron chi connectivity index (χ1n) is 6.47. The SMILES string of the molecule is CC(C)c1nc(CCNC(=O)c2cc(=O)cc[nH]2)cs1. The summed E-state index contributed by atoms with van der Waals surface area (Å²) in [7, 11) is 0. The third-order valence-corrected chi connectivity index (χ3v) is 3.94. The molecule has 0 atom stereocenters. The van der Waals surface area contributed by atoms with Crippen molar-refractivity contribution in [2.24, 2.45) is 0 Å². The normalized spacial score (nSPS) is 10.8. The predicted octanol–water partition coefficient (Wildman–Crippen LogP) is 1.93. The third-order valence-electron chi connectivity index (χ3n) is 2.75. The van der Waals surface area contributed by atoms with Gasteiger partial charge in [0.15, 0.2) is 5.43 Å². The highest BCUT2D eigenvalue weighted by Gasteiger charge is 2.08. The summed E-state index contributed by atoms with van der Waals surface area (Å²) in [6, 6.07) is 2.66. The first kappa shape index (κ1) is 14.5. The monoisotopic (exact) mass is 291 g/mol. The van der Waals surface area contributed by atoms with Crippen LogP contribution in [0.25, 0.3) is 0 Å². The molecule has 2 heterocycles. The fourth-order valence-corrected chi connectivity index (χ4v) is 2.55. The number of carbonyl (C=O) groups excluding carboxylic acids is 1. The number of aromatic nitrogens is 2. The van der Waals surface area contributed by atoms with Crippen LogP contribution < -0.4 is 10.7 Å². The first-order valence-corrected chi connectivity index (χ1v) is 7.35. The predicted molar refractivity (Wildman–Crippen MR) is 79.3 cm³/mol. The van der Waals surface area contributed by atoms with E-state index in [4.69, 9.17) is 0 Å². The number of thiazole rings is 1. The van der Waals surface area contributed by atoms with Crippen LogP contribution in [0.15, 0.2) is 28.5 Å². The third kappa shape index (κ3) is 3.77. The Morgan fingerprint density at radius 1 is 1.50 bits per heavy atom. The Labute approximate surface area is 121 Å². The van der Waals surface area contributed by atoms with Crippen LogP contribution in [0.4, 0.5) is 0 Å². The molecule has 0 saturated heterocycles. The topological polar surface area (TPSA) is 74.8 Å². The Kier molecular flexibility index (Phi) is 4.68. The Balaban J connectivity index is 1.86. The van der Waals surface area contributed by atoms with E-state index in [-0.39, 0.29) is 17.0 Å². The molecule has 0 spiro atoms. The van der Waals surface area contributed by atoms with E-state index in [0.717, 1.165) is 10.7 Å². The van der Waals surface area contributed by atoms with Crippen molar-refractivity contribution in [1.29, 1.82) is 0 Å². The quantitative estimate of drug-likeness (QED) is 0.884. The van der Waals surface area contributed by atoms with Crippen molar-refractivity contribution in [3.8, 4) is 0 Å². The largest absolute Gasteiger partial charge is 0.357 e. The molecule has 0 aliphatic rings. The molecule has 5 nitrogen and oxygen atoms in total. The van der Waals surface area contributed by atoms with Gasteiger partial charge in [-0.1, -0.05) is 13.8 Å². The first-order chi connectivity index (χ1) is 9.56. The number of H-pyrrole nitrogens is 1. The molecular formula is C14H17N3O2S. The smallest absolute Gasteiger partial charge is 0.267 e. The molecule has 0 aliphatic heterocycles. The summed E-state index contributed by atoms with van der Waals surface area (Å²) < 4.78 is 0. The van der Waals surface area contributed by atoms with Crippen LogP contribution in [-0.2, 0) is 6.42 Å². The maximum Gasteiger partial charge on any atom is 0.267 e. The lowest BCUT2D eigenvalue weighted by atomic mass is 10.2. The van der Waals surface area contributed by atoms with Gasteiger partial charge in [-0.25, -0.2) is 4.98 Å². The fourth-order valence-electron chi connectivity index (χ4n) is 1.68. The summed E-state index contributed by atoms with van der Waals surface area (Å²) in [4.78, 5) is 30.2. The zero-order valence-electron chi connectivity index (χ0n) is 11.5. The highest BCUT2D eigenvalue weighted by molar-refractivity contribution is 7.09. The number of nitrogens with one attached hydrogen (secondary N) is 2. The number of hydrogen-bond acceptors (Lipinski definition) is 4. The molecule has 1 amide bonds. The summed E-state index contributed by atoms with van der Waals surface area (Å²) in [6.07, 6.45) is 2.15. The van der Waals surface area contributed by atoms with Crippen molar-refractivity contribution in [3.05, 3.63) is 50.3 Å². The zero-order chi connectivity index (χ0) is 14.5. The standard InChI is InChI=1S/C14H17N3O2S/c1-9(2)14-17-10(8-20-14)3-5-16-13(19)12-7-11(18)4-6-15-12/h4,6-9H,3,5H2,1-2H3,(H,15,18)(H,16,19). The Morgan fingerprint density at radius 3 is 2.95 bits per heavy atom. The van der Waals surface area contributed by atoms with Gasteiger partial charge in [-0.05, 0) is 0 Å². The fraction of sp³-hybridized carbons (Fsp3) is 0.357. The van der Waals surface area contributed by atoms with Crippen molar-refractivity contribution in [1.82, 2.24) is 15.3 Å². The molecule has 6 heteroatoms. The van der Waals surface area contributed by atoms with E-state index in [1.165, 1.54) is 18.3 Å². The van der Waals surface area contributed by atoms with Crippen molar-refractivity contribution < 1.29 is 4.79 Å². The van der Waals surface area contributed by atoms with E-state index in [2.05, 4.69) is 29.1 Å². The molecule has 20 heavy (non-hydrogen) atoms. The number of amides is 1. The molecule has 0 saturated carbocycles.